The molecule has 254 valence electrons. The summed E-state index contributed by atoms with van der Waals surface area (Å²) in [6.45, 7) is 0. The van der Waals surface area contributed by atoms with Gasteiger partial charge in [0.05, 0.1) is 11.1 Å². The molecule has 0 amide bonds. The predicted molar refractivity (Wildman–Crippen MR) is 228 cm³/mol. The van der Waals surface area contributed by atoms with Crippen molar-refractivity contribution in [2.75, 3.05) is 4.90 Å². The van der Waals surface area contributed by atoms with E-state index in [2.05, 4.69) is 217 Å². The summed E-state index contributed by atoms with van der Waals surface area (Å²) in [5, 5.41) is 4.47. The van der Waals surface area contributed by atoms with Gasteiger partial charge in [0.15, 0.2) is 0 Å². The number of fused-ring (bicyclic) bond motifs is 5. The van der Waals surface area contributed by atoms with E-state index in [-0.39, 0.29) is 0 Å². The van der Waals surface area contributed by atoms with Gasteiger partial charge in [0.1, 0.15) is 11.2 Å². The van der Waals surface area contributed by atoms with E-state index in [4.69, 9.17) is 4.42 Å². The minimum absolute atomic E-state index is 0.862. The SMILES string of the molecule is c1ccc(-c2ccc(-c3ccc(N(c4cc(-c5ccccc5)cc(-c5ccccc5)c4)c4cccc5oc6c7ccccc7ccc6c45)cc3)cc2)cc1. The van der Waals surface area contributed by atoms with Crippen molar-refractivity contribution in [2.45, 2.75) is 0 Å². The maximum Gasteiger partial charge on any atom is 0.143 e. The lowest BCUT2D eigenvalue weighted by atomic mass is 9.96. The van der Waals surface area contributed by atoms with Crippen molar-refractivity contribution in [2.24, 2.45) is 0 Å². The molecule has 0 bridgehead atoms. The summed E-state index contributed by atoms with van der Waals surface area (Å²) in [6, 6.07) is 75.9. The third-order valence-electron chi connectivity index (χ3n) is 10.4. The fourth-order valence-corrected chi connectivity index (χ4v) is 7.77. The zero-order valence-corrected chi connectivity index (χ0v) is 29.6. The van der Waals surface area contributed by atoms with Crippen molar-refractivity contribution in [3.63, 3.8) is 0 Å². The van der Waals surface area contributed by atoms with E-state index in [9.17, 15) is 0 Å². The first-order valence-electron chi connectivity index (χ1n) is 18.4. The van der Waals surface area contributed by atoms with Gasteiger partial charge in [-0.15, -0.1) is 0 Å². The molecule has 0 N–H and O–H groups in total. The van der Waals surface area contributed by atoms with Crippen LogP contribution in [0.15, 0.2) is 217 Å². The molecule has 2 nitrogen and oxygen atoms in total. The fraction of sp³-hybridized carbons (Fsp3) is 0. The summed E-state index contributed by atoms with van der Waals surface area (Å²) in [7, 11) is 0. The van der Waals surface area contributed by atoms with Crippen LogP contribution in [0.25, 0.3) is 77.2 Å². The first-order valence-corrected chi connectivity index (χ1v) is 18.4. The zero-order chi connectivity index (χ0) is 35.8. The number of rotatable bonds is 7. The molecule has 1 aromatic heterocycles. The van der Waals surface area contributed by atoms with Gasteiger partial charge in [-0.05, 0) is 98.4 Å². The van der Waals surface area contributed by atoms with Crippen LogP contribution in [0.1, 0.15) is 0 Å². The lowest BCUT2D eigenvalue weighted by molar-refractivity contribution is 0.672. The van der Waals surface area contributed by atoms with Gasteiger partial charge in [-0.2, -0.15) is 0 Å². The molecule has 0 spiro atoms. The number of anilines is 3. The molecule has 0 fully saturated rings. The number of hydrogen-bond acceptors (Lipinski definition) is 2. The Balaban J connectivity index is 1.17. The molecule has 0 saturated carbocycles. The summed E-state index contributed by atoms with van der Waals surface area (Å²) < 4.78 is 6.71. The second kappa shape index (κ2) is 13.4. The second-order valence-electron chi connectivity index (χ2n) is 13.7. The van der Waals surface area contributed by atoms with Crippen LogP contribution in [0.2, 0.25) is 0 Å². The standard InChI is InChI=1S/C52H35NO/c1-4-13-36(14-5-1)39-23-25-40(26-24-39)41-27-30-45(31-28-41)53(46-34-43(37-15-6-2-7-16-37)33-44(35-46)38-17-8-3-9-18-38)49-21-12-22-50-51(49)48-32-29-42-19-10-11-20-47(42)52(48)54-50/h1-35H. The predicted octanol–water partition coefficient (Wildman–Crippen LogP) is 14.9. The molecule has 0 aliphatic rings. The summed E-state index contributed by atoms with van der Waals surface area (Å²) >= 11 is 0. The molecule has 0 unspecified atom stereocenters. The van der Waals surface area contributed by atoms with E-state index < -0.39 is 0 Å². The summed E-state index contributed by atoms with van der Waals surface area (Å²) in [5.74, 6) is 0. The Hall–Kier alpha value is -7.16. The highest BCUT2D eigenvalue weighted by Crippen LogP contribution is 2.46. The van der Waals surface area contributed by atoms with Gasteiger partial charge >= 0.3 is 0 Å². The third-order valence-corrected chi connectivity index (χ3v) is 10.4. The summed E-state index contributed by atoms with van der Waals surface area (Å²) in [6.07, 6.45) is 0. The lowest BCUT2D eigenvalue weighted by Crippen LogP contribution is -2.10. The van der Waals surface area contributed by atoms with E-state index in [1.54, 1.807) is 0 Å². The van der Waals surface area contributed by atoms with Crippen molar-refractivity contribution in [1.29, 1.82) is 0 Å². The number of hydrogen-bond donors (Lipinski definition) is 0. The monoisotopic (exact) mass is 689 g/mol. The quantitative estimate of drug-likeness (QED) is 0.166. The Morgan fingerprint density at radius 1 is 0.315 bits per heavy atom. The number of furan rings is 1. The molecule has 10 aromatic rings. The Labute approximate surface area is 314 Å². The average molecular weight is 690 g/mol. The van der Waals surface area contributed by atoms with Crippen LogP contribution in [-0.2, 0) is 0 Å². The van der Waals surface area contributed by atoms with Gasteiger partial charge < -0.3 is 9.32 Å². The number of benzene rings is 9. The molecule has 9 aromatic carbocycles. The van der Waals surface area contributed by atoms with Crippen molar-refractivity contribution in [3.05, 3.63) is 212 Å². The smallest absolute Gasteiger partial charge is 0.143 e. The van der Waals surface area contributed by atoms with E-state index in [0.29, 0.717) is 0 Å². The van der Waals surface area contributed by atoms with E-state index in [1.807, 2.05) is 0 Å². The molecule has 1 heterocycles. The van der Waals surface area contributed by atoms with E-state index >= 15 is 0 Å². The van der Waals surface area contributed by atoms with Crippen LogP contribution in [0, 0.1) is 0 Å². The molecule has 2 heteroatoms. The van der Waals surface area contributed by atoms with Gasteiger partial charge in [-0.25, -0.2) is 0 Å². The van der Waals surface area contributed by atoms with Crippen LogP contribution >= 0.6 is 0 Å². The summed E-state index contributed by atoms with van der Waals surface area (Å²) in [5.41, 5.74) is 14.4. The highest BCUT2D eigenvalue weighted by atomic mass is 16.3. The maximum atomic E-state index is 6.71. The van der Waals surface area contributed by atoms with Crippen LogP contribution in [0.4, 0.5) is 17.1 Å². The Morgan fingerprint density at radius 3 is 1.41 bits per heavy atom. The first kappa shape index (κ1) is 31.6. The van der Waals surface area contributed by atoms with Crippen LogP contribution in [-0.4, -0.2) is 0 Å². The molecule has 10 rings (SSSR count). The summed E-state index contributed by atoms with van der Waals surface area (Å²) in [4.78, 5) is 2.40. The molecule has 0 atom stereocenters. The first-order chi connectivity index (χ1) is 26.8. The van der Waals surface area contributed by atoms with Gasteiger partial charge in [0.25, 0.3) is 0 Å². The normalized spacial score (nSPS) is 11.3. The van der Waals surface area contributed by atoms with Gasteiger partial charge in [0, 0.05) is 22.1 Å². The third kappa shape index (κ3) is 5.71. The Morgan fingerprint density at radius 2 is 0.815 bits per heavy atom. The highest BCUT2D eigenvalue weighted by molar-refractivity contribution is 6.19. The Bertz CT molecular complexity index is 2840. The van der Waals surface area contributed by atoms with E-state index in [0.717, 1.165) is 60.9 Å². The molecule has 54 heavy (non-hydrogen) atoms. The van der Waals surface area contributed by atoms with Gasteiger partial charge in [0.2, 0.25) is 0 Å². The molecule has 0 aliphatic carbocycles. The van der Waals surface area contributed by atoms with Crippen LogP contribution in [0.5, 0.6) is 0 Å². The van der Waals surface area contributed by atoms with Crippen molar-refractivity contribution in [1.82, 2.24) is 0 Å². The van der Waals surface area contributed by atoms with Gasteiger partial charge in [-0.3, -0.25) is 0 Å². The minimum Gasteiger partial charge on any atom is -0.455 e. The molecule has 0 radical (unpaired) electrons. The zero-order valence-electron chi connectivity index (χ0n) is 29.6. The second-order valence-corrected chi connectivity index (χ2v) is 13.7. The Kier molecular flexibility index (Phi) is 7.85. The topological polar surface area (TPSA) is 16.4 Å². The van der Waals surface area contributed by atoms with Crippen molar-refractivity contribution >= 4 is 49.8 Å². The van der Waals surface area contributed by atoms with Crippen molar-refractivity contribution in [3.8, 4) is 44.5 Å². The molecular weight excluding hydrogens is 655 g/mol. The van der Waals surface area contributed by atoms with Crippen LogP contribution < -0.4 is 4.90 Å². The fourth-order valence-electron chi connectivity index (χ4n) is 7.77. The molecule has 0 aliphatic heterocycles. The van der Waals surface area contributed by atoms with E-state index in [1.165, 1.54) is 33.4 Å². The van der Waals surface area contributed by atoms with Crippen LogP contribution in [0.3, 0.4) is 0 Å². The van der Waals surface area contributed by atoms with Gasteiger partial charge in [-0.1, -0.05) is 164 Å². The highest BCUT2D eigenvalue weighted by Gasteiger charge is 2.22. The number of nitrogens with zero attached hydrogens (tertiary/aromatic N) is 1. The molecular formula is C52H35NO. The lowest BCUT2D eigenvalue weighted by Gasteiger charge is -2.28. The maximum absolute atomic E-state index is 6.71. The minimum atomic E-state index is 0.862. The molecule has 0 saturated heterocycles. The van der Waals surface area contributed by atoms with Crippen molar-refractivity contribution < 1.29 is 4.42 Å². The average Bonchev–Trinajstić information content (AvgIpc) is 3.65. The largest absolute Gasteiger partial charge is 0.455 e.